The van der Waals surface area contributed by atoms with E-state index in [1.54, 1.807) is 11.8 Å². The van der Waals surface area contributed by atoms with Crippen LogP contribution < -0.4 is 5.32 Å². The van der Waals surface area contributed by atoms with Gasteiger partial charge in [0.25, 0.3) is 5.92 Å². The maximum atomic E-state index is 13.0. The van der Waals surface area contributed by atoms with Gasteiger partial charge in [-0.3, -0.25) is 0 Å². The first kappa shape index (κ1) is 19.1. The summed E-state index contributed by atoms with van der Waals surface area (Å²) in [4.78, 5) is 13.8. The molecule has 1 fully saturated rings. The lowest BCUT2D eigenvalue weighted by atomic mass is 10.1. The third-order valence-corrected chi connectivity index (χ3v) is 3.57. The highest BCUT2D eigenvalue weighted by Crippen LogP contribution is 2.24. The van der Waals surface area contributed by atoms with Gasteiger partial charge in [-0.05, 0) is 47.0 Å². The summed E-state index contributed by atoms with van der Waals surface area (Å²) in [5, 5.41) is 11.3. The third-order valence-electron chi connectivity index (χ3n) is 3.57. The first-order chi connectivity index (χ1) is 10.0. The minimum Gasteiger partial charge on any atom is -0.444 e. The molecule has 1 aliphatic heterocycles. The Kier molecular flexibility index (Phi) is 6.55. The number of nitrogens with zero attached hydrogens (tertiary/aromatic N) is 1. The van der Waals surface area contributed by atoms with Gasteiger partial charge in [0.15, 0.2) is 0 Å². The van der Waals surface area contributed by atoms with Gasteiger partial charge in [-0.2, -0.15) is 0 Å². The second-order valence-corrected chi connectivity index (χ2v) is 7.00. The number of halogens is 2. The zero-order chi connectivity index (χ0) is 17.0. The first-order valence-electron chi connectivity index (χ1n) is 7.76. The molecule has 2 unspecified atom stereocenters. The molecule has 0 saturated carbocycles. The van der Waals surface area contributed by atoms with Crippen LogP contribution in [0.15, 0.2) is 0 Å². The summed E-state index contributed by atoms with van der Waals surface area (Å²) in [7, 11) is 0. The summed E-state index contributed by atoms with van der Waals surface area (Å²) >= 11 is 0. The highest BCUT2D eigenvalue weighted by molar-refractivity contribution is 5.68. The van der Waals surface area contributed by atoms with E-state index in [2.05, 4.69) is 5.32 Å². The van der Waals surface area contributed by atoms with Crippen LogP contribution in [0, 0.1) is 0 Å². The average molecular weight is 322 g/mol. The molecular weight excluding hydrogens is 294 g/mol. The molecule has 22 heavy (non-hydrogen) atoms. The molecule has 1 amide bonds. The number of likely N-dealkylation sites (tertiary alicyclic amines) is 1. The van der Waals surface area contributed by atoms with E-state index in [4.69, 9.17) is 9.84 Å². The van der Waals surface area contributed by atoms with Gasteiger partial charge in [-0.1, -0.05) is 0 Å². The lowest BCUT2D eigenvalue weighted by Gasteiger charge is -2.30. The molecule has 0 aliphatic carbocycles. The van der Waals surface area contributed by atoms with Crippen LogP contribution in [0.4, 0.5) is 13.6 Å². The van der Waals surface area contributed by atoms with Gasteiger partial charge in [0, 0.05) is 18.6 Å². The van der Waals surface area contributed by atoms with Crippen molar-refractivity contribution in [3.63, 3.8) is 0 Å². The quantitative estimate of drug-likeness (QED) is 0.788. The Balaban J connectivity index is 2.48. The minimum absolute atomic E-state index is 0.0000916. The highest BCUT2D eigenvalue weighted by Gasteiger charge is 2.34. The Bertz CT molecular complexity index is 372. The largest absolute Gasteiger partial charge is 0.444 e. The summed E-state index contributed by atoms with van der Waals surface area (Å²) in [6.07, 6.45) is 1.98. The lowest BCUT2D eigenvalue weighted by Crippen LogP contribution is -2.45. The molecule has 1 heterocycles. The van der Waals surface area contributed by atoms with E-state index < -0.39 is 24.7 Å². The van der Waals surface area contributed by atoms with E-state index >= 15 is 0 Å². The van der Waals surface area contributed by atoms with Crippen LogP contribution in [0.5, 0.6) is 0 Å². The molecule has 1 aliphatic rings. The van der Waals surface area contributed by atoms with E-state index in [0.717, 1.165) is 12.8 Å². The fourth-order valence-electron chi connectivity index (χ4n) is 2.51. The molecule has 2 atom stereocenters. The fraction of sp³-hybridized carbons (Fsp3) is 0.933. The average Bonchev–Trinajstić information content (AvgIpc) is 2.83. The maximum absolute atomic E-state index is 13.0. The van der Waals surface area contributed by atoms with Crippen molar-refractivity contribution in [1.82, 2.24) is 10.2 Å². The van der Waals surface area contributed by atoms with Crippen LogP contribution in [0.3, 0.4) is 0 Å². The second kappa shape index (κ2) is 7.55. The lowest BCUT2D eigenvalue weighted by molar-refractivity contribution is -0.0495. The molecule has 2 N–H and O–H groups in total. The first-order valence-corrected chi connectivity index (χ1v) is 7.76. The Labute approximate surface area is 131 Å². The van der Waals surface area contributed by atoms with Gasteiger partial charge in [0.1, 0.15) is 12.2 Å². The van der Waals surface area contributed by atoms with Gasteiger partial charge in [-0.25, -0.2) is 13.6 Å². The predicted octanol–water partition coefficient (Wildman–Crippen LogP) is 2.38. The van der Waals surface area contributed by atoms with E-state index in [1.807, 2.05) is 20.8 Å². The standard InChI is InChI=1S/C15H28F2N2O3/c1-11(18-9-15(16,17)10-20)8-12-6-5-7-19(12)13(21)22-14(2,3)4/h11-12,18,20H,5-10H2,1-4H3. The number of alkyl halides is 2. The Hall–Kier alpha value is -0.950. The second-order valence-electron chi connectivity index (χ2n) is 7.00. The number of amides is 1. The SMILES string of the molecule is CC(CC1CCCN1C(=O)OC(C)(C)C)NCC(F)(F)CO. The number of carbonyl (C=O) groups is 1. The number of rotatable bonds is 6. The van der Waals surface area contributed by atoms with Crippen molar-refractivity contribution < 1.29 is 23.4 Å². The third kappa shape index (κ3) is 6.44. The molecule has 0 radical (unpaired) electrons. The minimum atomic E-state index is -3.12. The van der Waals surface area contributed by atoms with Crippen molar-refractivity contribution in [3.05, 3.63) is 0 Å². The van der Waals surface area contributed by atoms with Crippen molar-refractivity contribution in [2.45, 2.75) is 70.6 Å². The van der Waals surface area contributed by atoms with Crippen molar-refractivity contribution in [2.75, 3.05) is 19.7 Å². The number of ether oxygens (including phenoxy) is 1. The van der Waals surface area contributed by atoms with Crippen LogP contribution in [-0.2, 0) is 4.74 Å². The number of nitrogens with one attached hydrogen (secondary N) is 1. The van der Waals surface area contributed by atoms with E-state index in [9.17, 15) is 13.6 Å². The summed E-state index contributed by atoms with van der Waals surface area (Å²) in [6.45, 7) is 6.16. The topological polar surface area (TPSA) is 61.8 Å². The predicted molar refractivity (Wildman–Crippen MR) is 80.1 cm³/mol. The molecule has 0 aromatic rings. The molecule has 130 valence electrons. The molecule has 5 nitrogen and oxygen atoms in total. The number of hydrogen-bond acceptors (Lipinski definition) is 4. The van der Waals surface area contributed by atoms with Crippen LogP contribution >= 0.6 is 0 Å². The Morgan fingerprint density at radius 1 is 1.45 bits per heavy atom. The zero-order valence-electron chi connectivity index (χ0n) is 13.9. The van der Waals surface area contributed by atoms with E-state index in [0.29, 0.717) is 13.0 Å². The molecule has 0 aromatic carbocycles. The van der Waals surface area contributed by atoms with Crippen LogP contribution in [0.25, 0.3) is 0 Å². The van der Waals surface area contributed by atoms with E-state index in [1.165, 1.54) is 0 Å². The van der Waals surface area contributed by atoms with Crippen LogP contribution in [0.2, 0.25) is 0 Å². The number of carbonyl (C=O) groups excluding carboxylic acids is 1. The molecule has 0 aromatic heterocycles. The summed E-state index contributed by atoms with van der Waals surface area (Å²) in [6, 6.07) is -0.175. The van der Waals surface area contributed by atoms with Gasteiger partial charge < -0.3 is 20.1 Å². The summed E-state index contributed by atoms with van der Waals surface area (Å²) in [5.41, 5.74) is -0.544. The molecule has 0 spiro atoms. The summed E-state index contributed by atoms with van der Waals surface area (Å²) in [5.74, 6) is -3.12. The van der Waals surface area contributed by atoms with Crippen molar-refractivity contribution in [1.29, 1.82) is 0 Å². The molecule has 7 heteroatoms. The van der Waals surface area contributed by atoms with Crippen LogP contribution in [-0.4, -0.2) is 59.4 Å². The maximum Gasteiger partial charge on any atom is 0.410 e. The highest BCUT2D eigenvalue weighted by atomic mass is 19.3. The number of aliphatic hydroxyl groups excluding tert-OH is 1. The number of aliphatic hydroxyl groups is 1. The van der Waals surface area contributed by atoms with Crippen LogP contribution in [0.1, 0.15) is 47.0 Å². The smallest absolute Gasteiger partial charge is 0.410 e. The van der Waals surface area contributed by atoms with E-state index in [-0.39, 0.29) is 18.2 Å². The van der Waals surface area contributed by atoms with Gasteiger partial charge in [-0.15, -0.1) is 0 Å². The van der Waals surface area contributed by atoms with Crippen molar-refractivity contribution in [2.24, 2.45) is 0 Å². The zero-order valence-corrected chi connectivity index (χ0v) is 13.9. The van der Waals surface area contributed by atoms with Crippen molar-refractivity contribution in [3.8, 4) is 0 Å². The normalized spacial score (nSPS) is 21.0. The fourth-order valence-corrected chi connectivity index (χ4v) is 2.51. The monoisotopic (exact) mass is 322 g/mol. The van der Waals surface area contributed by atoms with Gasteiger partial charge in [0.2, 0.25) is 0 Å². The van der Waals surface area contributed by atoms with Gasteiger partial charge in [0.05, 0.1) is 6.54 Å². The Morgan fingerprint density at radius 2 is 2.09 bits per heavy atom. The van der Waals surface area contributed by atoms with Gasteiger partial charge >= 0.3 is 6.09 Å². The molecule has 1 saturated heterocycles. The van der Waals surface area contributed by atoms with Crippen molar-refractivity contribution >= 4 is 6.09 Å². The summed E-state index contributed by atoms with van der Waals surface area (Å²) < 4.78 is 31.4. The Morgan fingerprint density at radius 3 is 2.64 bits per heavy atom. The number of hydrogen-bond donors (Lipinski definition) is 2. The molecule has 1 rings (SSSR count). The molecule has 0 bridgehead atoms. The molecular formula is C15H28F2N2O3.